The number of nitrogens with zero attached hydrogens (tertiary/aromatic N) is 2. The summed E-state index contributed by atoms with van der Waals surface area (Å²) >= 11 is 0. The number of ether oxygens (including phenoxy) is 2. The Morgan fingerprint density at radius 1 is 1.32 bits per heavy atom. The smallest absolute Gasteiger partial charge is 0.407 e. The van der Waals surface area contributed by atoms with Crippen molar-refractivity contribution in [2.45, 2.75) is 18.8 Å². The summed E-state index contributed by atoms with van der Waals surface area (Å²) in [5.41, 5.74) is 6.16. The third-order valence-corrected chi connectivity index (χ3v) is 4.62. The highest BCUT2D eigenvalue weighted by Gasteiger charge is 2.61. The largest absolute Gasteiger partial charge is 0.441 e. The van der Waals surface area contributed by atoms with Gasteiger partial charge in [0.05, 0.1) is 13.2 Å². The molecule has 3 atom stereocenters. The Kier molecular flexibility index (Phi) is 4.51. The maximum absolute atomic E-state index is 15.2. The van der Waals surface area contributed by atoms with Crippen LogP contribution in [0.5, 0.6) is 0 Å². The summed E-state index contributed by atoms with van der Waals surface area (Å²) in [6.45, 7) is 3.80. The fourth-order valence-corrected chi connectivity index (χ4v) is 3.06. The van der Waals surface area contributed by atoms with E-state index in [0.717, 1.165) is 12.6 Å². The molecule has 7 nitrogen and oxygen atoms in total. The Labute approximate surface area is 143 Å². The molecule has 0 saturated carbocycles. The van der Waals surface area contributed by atoms with Gasteiger partial charge < -0.3 is 20.1 Å². The average molecular weight is 355 g/mol. The van der Waals surface area contributed by atoms with E-state index in [4.69, 9.17) is 10.5 Å². The second-order valence-corrected chi connectivity index (χ2v) is 6.09. The van der Waals surface area contributed by atoms with Crippen LogP contribution in [0.4, 0.5) is 19.4 Å². The Morgan fingerprint density at radius 3 is 2.48 bits per heavy atom. The highest BCUT2D eigenvalue weighted by Crippen LogP contribution is 2.47. The van der Waals surface area contributed by atoms with Gasteiger partial charge in [0.25, 0.3) is 5.85 Å². The van der Waals surface area contributed by atoms with Gasteiger partial charge in [0.1, 0.15) is 5.92 Å². The van der Waals surface area contributed by atoms with E-state index in [1.807, 2.05) is 0 Å². The van der Waals surface area contributed by atoms with Crippen LogP contribution in [0.3, 0.4) is 0 Å². The van der Waals surface area contributed by atoms with Gasteiger partial charge in [-0.3, -0.25) is 4.79 Å². The number of cyclic esters (lactones) is 1. The second kappa shape index (κ2) is 6.47. The lowest BCUT2D eigenvalue weighted by molar-refractivity contribution is -0.156. The first-order valence-electron chi connectivity index (χ1n) is 7.93. The SMILES string of the molecule is CC(C(N)=O)C1(F)OC(=O)N(F)C1c1ccc(N2CCOCC2)cc1. The molecule has 25 heavy (non-hydrogen) atoms. The molecule has 0 spiro atoms. The minimum atomic E-state index is -2.88. The first-order valence-corrected chi connectivity index (χ1v) is 7.93. The van der Waals surface area contributed by atoms with Gasteiger partial charge in [0, 0.05) is 18.8 Å². The van der Waals surface area contributed by atoms with Gasteiger partial charge >= 0.3 is 6.09 Å². The van der Waals surface area contributed by atoms with Gasteiger partial charge in [-0.05, 0) is 24.6 Å². The van der Waals surface area contributed by atoms with Crippen molar-refractivity contribution >= 4 is 17.7 Å². The summed E-state index contributed by atoms with van der Waals surface area (Å²) in [7, 11) is 0. The normalized spacial score (nSPS) is 28.0. The minimum Gasteiger partial charge on any atom is -0.407 e. The maximum Gasteiger partial charge on any atom is 0.441 e. The molecular formula is C16H19F2N3O4. The molecule has 2 amide bonds. The average Bonchev–Trinajstić information content (AvgIpc) is 2.85. The highest BCUT2D eigenvalue weighted by molar-refractivity contribution is 5.79. The fourth-order valence-electron chi connectivity index (χ4n) is 3.06. The fraction of sp³-hybridized carbons (Fsp3) is 0.500. The molecular weight excluding hydrogens is 336 g/mol. The summed E-state index contributed by atoms with van der Waals surface area (Å²) in [6, 6.07) is 4.71. The molecule has 0 bridgehead atoms. The lowest BCUT2D eigenvalue weighted by Gasteiger charge is -2.30. The van der Waals surface area contributed by atoms with Crippen LogP contribution < -0.4 is 10.6 Å². The molecule has 2 N–H and O–H groups in total. The monoisotopic (exact) mass is 355 g/mol. The topological polar surface area (TPSA) is 85.1 Å². The molecule has 9 heteroatoms. The Hall–Kier alpha value is -2.42. The van der Waals surface area contributed by atoms with Crippen LogP contribution in [0.1, 0.15) is 18.5 Å². The van der Waals surface area contributed by atoms with Crippen LogP contribution in [-0.4, -0.2) is 49.3 Å². The molecule has 2 aliphatic heterocycles. The van der Waals surface area contributed by atoms with E-state index in [9.17, 15) is 14.1 Å². The van der Waals surface area contributed by atoms with Crippen LogP contribution in [0.2, 0.25) is 0 Å². The number of halogens is 2. The van der Waals surface area contributed by atoms with Crippen molar-refractivity contribution in [3.05, 3.63) is 29.8 Å². The number of carbonyl (C=O) groups is 2. The molecule has 2 aliphatic rings. The number of morpholine rings is 1. The number of benzene rings is 1. The first kappa shape index (κ1) is 17.4. The van der Waals surface area contributed by atoms with E-state index in [2.05, 4.69) is 9.64 Å². The van der Waals surface area contributed by atoms with E-state index in [0.29, 0.717) is 26.3 Å². The zero-order chi connectivity index (χ0) is 18.2. The Bertz CT molecular complexity index is 666. The van der Waals surface area contributed by atoms with Crippen molar-refractivity contribution in [3.63, 3.8) is 0 Å². The van der Waals surface area contributed by atoms with E-state index in [-0.39, 0.29) is 10.7 Å². The molecule has 2 saturated heterocycles. The number of nitrogens with two attached hydrogens (primary N) is 1. The zero-order valence-corrected chi connectivity index (χ0v) is 13.7. The van der Waals surface area contributed by atoms with Gasteiger partial charge in [-0.25, -0.2) is 4.79 Å². The maximum atomic E-state index is 15.2. The molecule has 1 aromatic carbocycles. The van der Waals surface area contributed by atoms with Crippen LogP contribution >= 0.6 is 0 Å². The predicted octanol–water partition coefficient (Wildman–Crippen LogP) is 1.69. The van der Waals surface area contributed by atoms with Crippen molar-refractivity contribution in [2.24, 2.45) is 11.7 Å². The first-order chi connectivity index (χ1) is 11.8. The lowest BCUT2D eigenvalue weighted by Crippen LogP contribution is -2.44. The number of amides is 2. The molecule has 3 unspecified atom stereocenters. The van der Waals surface area contributed by atoms with Crippen LogP contribution in [0, 0.1) is 5.92 Å². The number of carbonyl (C=O) groups excluding carboxylic acids is 2. The molecule has 136 valence electrons. The van der Waals surface area contributed by atoms with E-state index < -0.39 is 29.8 Å². The summed E-state index contributed by atoms with van der Waals surface area (Å²) in [4.78, 5) is 25.0. The third-order valence-electron chi connectivity index (χ3n) is 4.62. The van der Waals surface area contributed by atoms with Crippen molar-refractivity contribution < 1.29 is 27.9 Å². The van der Waals surface area contributed by atoms with Crippen LogP contribution in [-0.2, 0) is 14.3 Å². The number of hydrogen-bond donors (Lipinski definition) is 1. The van der Waals surface area contributed by atoms with Crippen LogP contribution in [0.25, 0.3) is 0 Å². The number of primary amides is 1. The number of hydrogen-bond acceptors (Lipinski definition) is 5. The molecule has 0 aromatic heterocycles. The summed E-state index contributed by atoms with van der Waals surface area (Å²) in [5, 5.41) is -0.344. The minimum absolute atomic E-state index is 0.168. The van der Waals surface area contributed by atoms with Crippen LogP contribution in [0.15, 0.2) is 24.3 Å². The van der Waals surface area contributed by atoms with Crippen molar-refractivity contribution in [2.75, 3.05) is 31.2 Å². The second-order valence-electron chi connectivity index (χ2n) is 6.09. The molecule has 3 rings (SSSR count). The Morgan fingerprint density at radius 2 is 1.92 bits per heavy atom. The van der Waals surface area contributed by atoms with E-state index >= 15 is 4.39 Å². The number of alkyl halides is 1. The van der Waals surface area contributed by atoms with E-state index in [1.54, 1.807) is 12.1 Å². The van der Waals surface area contributed by atoms with Crippen molar-refractivity contribution in [1.82, 2.24) is 5.12 Å². The van der Waals surface area contributed by atoms with Gasteiger partial charge in [0.2, 0.25) is 5.91 Å². The van der Waals surface area contributed by atoms with Crippen molar-refractivity contribution in [1.29, 1.82) is 0 Å². The molecule has 0 aliphatic carbocycles. The summed E-state index contributed by atoms with van der Waals surface area (Å²) < 4.78 is 39.2. The van der Waals surface area contributed by atoms with Gasteiger partial charge in [-0.15, -0.1) is 5.12 Å². The van der Waals surface area contributed by atoms with Gasteiger partial charge in [-0.2, -0.15) is 4.39 Å². The molecule has 2 fully saturated rings. The lowest BCUT2D eigenvalue weighted by atomic mass is 9.90. The van der Waals surface area contributed by atoms with Crippen molar-refractivity contribution in [3.8, 4) is 0 Å². The summed E-state index contributed by atoms with van der Waals surface area (Å²) in [6.07, 6.45) is -1.49. The summed E-state index contributed by atoms with van der Waals surface area (Å²) in [5.74, 6) is -5.42. The van der Waals surface area contributed by atoms with Gasteiger partial charge in [0.15, 0.2) is 6.04 Å². The Balaban J connectivity index is 1.89. The highest BCUT2D eigenvalue weighted by atomic mass is 19.2. The third kappa shape index (κ3) is 2.99. The quantitative estimate of drug-likeness (QED) is 0.831. The zero-order valence-electron chi connectivity index (χ0n) is 13.7. The van der Waals surface area contributed by atoms with Gasteiger partial charge in [-0.1, -0.05) is 16.6 Å². The number of rotatable bonds is 4. The predicted molar refractivity (Wildman–Crippen MR) is 83.8 cm³/mol. The standard InChI is InChI=1S/C16H19F2N3O4/c1-10(14(19)22)16(17)13(21(18)15(23)25-16)11-2-4-12(5-3-11)20-6-8-24-9-7-20/h2-5,10,13H,6-9H2,1H3,(H2,19,22). The number of anilines is 1. The molecule has 2 heterocycles. The molecule has 1 aromatic rings. The molecule has 0 radical (unpaired) electrons. The van der Waals surface area contributed by atoms with E-state index in [1.165, 1.54) is 12.1 Å².